The Hall–Kier alpha value is -4.08. The highest BCUT2D eigenvalue weighted by Gasteiger charge is 2.14. The summed E-state index contributed by atoms with van der Waals surface area (Å²) in [5.41, 5.74) is 1.59. The van der Waals surface area contributed by atoms with Crippen molar-refractivity contribution in [1.82, 2.24) is 10.6 Å². The van der Waals surface area contributed by atoms with Crippen molar-refractivity contribution in [3.8, 4) is 11.5 Å². The zero-order chi connectivity index (χ0) is 22.8. The third kappa shape index (κ3) is 7.35. The Balaban J connectivity index is 2.46. The number of benzene rings is 2. The lowest BCUT2D eigenvalue weighted by Crippen LogP contribution is -2.43. The maximum atomic E-state index is 11.9. The minimum Gasteiger partial charge on any atom is -0.457 e. The highest BCUT2D eigenvalue weighted by molar-refractivity contribution is 6.03. The fourth-order valence-electron chi connectivity index (χ4n) is 2.33. The van der Waals surface area contributed by atoms with Crippen LogP contribution in [0.15, 0.2) is 47.5 Å². The van der Waals surface area contributed by atoms with Gasteiger partial charge in [0.15, 0.2) is 0 Å². The van der Waals surface area contributed by atoms with Crippen LogP contribution >= 0.6 is 0 Å². The van der Waals surface area contributed by atoms with E-state index in [-0.39, 0.29) is 24.0 Å². The fraction of sp³-hybridized carbons (Fsp3) is 0.238. The minimum absolute atomic E-state index is 0.217. The molecular weight excluding hydrogens is 404 g/mol. The molecule has 0 aliphatic rings. The summed E-state index contributed by atoms with van der Waals surface area (Å²) in [7, 11) is 2.32. The maximum Gasteiger partial charge on any atom is 0.413 e. The Kier molecular flexibility index (Phi) is 8.38. The first-order valence-corrected chi connectivity index (χ1v) is 9.31. The summed E-state index contributed by atoms with van der Waals surface area (Å²) in [6.45, 7) is 3.64. The molecule has 0 fully saturated rings. The first-order chi connectivity index (χ1) is 14.8. The molecule has 0 unspecified atom stereocenters. The van der Waals surface area contributed by atoms with E-state index in [4.69, 9.17) is 4.74 Å². The zero-order valence-electron chi connectivity index (χ0n) is 17.6. The molecule has 0 aromatic heterocycles. The van der Waals surface area contributed by atoms with E-state index in [1.54, 1.807) is 31.2 Å². The average Bonchev–Trinajstić information content (AvgIpc) is 2.75. The molecule has 2 rings (SSSR count). The predicted molar refractivity (Wildman–Crippen MR) is 115 cm³/mol. The number of methoxy groups -OCH3 is 2. The minimum atomic E-state index is -0.860. The lowest BCUT2D eigenvalue weighted by atomic mass is 10.2. The summed E-state index contributed by atoms with van der Waals surface area (Å²) in [5, 5.41) is 7.26. The molecule has 2 aromatic rings. The van der Waals surface area contributed by atoms with Gasteiger partial charge in [-0.2, -0.15) is 0 Å². The number of hydrogen-bond acceptors (Lipinski definition) is 7. The monoisotopic (exact) mass is 428 g/mol. The summed E-state index contributed by atoms with van der Waals surface area (Å²) in [6, 6.07) is 12.3. The van der Waals surface area contributed by atoms with E-state index in [0.29, 0.717) is 17.2 Å². The Labute approximate surface area is 179 Å². The van der Waals surface area contributed by atoms with Gasteiger partial charge in [0.2, 0.25) is 11.9 Å². The van der Waals surface area contributed by atoms with Crippen LogP contribution in [0, 0.1) is 6.92 Å². The third-order valence-electron chi connectivity index (χ3n) is 3.83. The number of alkyl carbamates (subject to hydrolysis) is 2. The first-order valence-electron chi connectivity index (χ1n) is 9.31. The van der Waals surface area contributed by atoms with Crippen molar-refractivity contribution in [2.24, 2.45) is 4.99 Å². The molecule has 0 saturated carbocycles. The second-order valence-electron chi connectivity index (χ2n) is 6.19. The van der Waals surface area contributed by atoms with E-state index in [2.05, 4.69) is 30.4 Å². The van der Waals surface area contributed by atoms with Crippen LogP contribution in [0.25, 0.3) is 0 Å². The molecule has 2 aromatic carbocycles. The molecule has 10 heteroatoms. The molecule has 0 heterocycles. The fourth-order valence-corrected chi connectivity index (χ4v) is 2.33. The maximum absolute atomic E-state index is 11.9. The van der Waals surface area contributed by atoms with Gasteiger partial charge in [-0.3, -0.25) is 15.4 Å². The van der Waals surface area contributed by atoms with Gasteiger partial charge in [-0.1, -0.05) is 19.1 Å². The second-order valence-corrected chi connectivity index (χ2v) is 6.19. The van der Waals surface area contributed by atoms with Gasteiger partial charge in [0.1, 0.15) is 11.5 Å². The number of guanidine groups is 1. The van der Waals surface area contributed by atoms with Gasteiger partial charge in [0, 0.05) is 12.5 Å². The highest BCUT2D eigenvalue weighted by atomic mass is 16.5. The SMILES string of the molecule is CCC(=O)Nc1ccc(Oc2cccc(C)c2)cc1N=C(NC(=O)OC)NC(=O)OC. The number of carbonyl (C=O) groups excluding carboxylic acids is 3. The van der Waals surface area contributed by atoms with Gasteiger partial charge < -0.3 is 19.5 Å². The van der Waals surface area contributed by atoms with Gasteiger partial charge in [-0.15, -0.1) is 0 Å². The number of aliphatic imine (C=N–C) groups is 1. The summed E-state index contributed by atoms with van der Waals surface area (Å²) in [6.07, 6.45) is -1.47. The normalized spacial score (nSPS) is 9.81. The summed E-state index contributed by atoms with van der Waals surface area (Å²) in [4.78, 5) is 39.4. The van der Waals surface area contributed by atoms with E-state index in [9.17, 15) is 14.4 Å². The van der Waals surface area contributed by atoms with Gasteiger partial charge in [0.25, 0.3) is 0 Å². The average molecular weight is 428 g/mol. The predicted octanol–water partition coefficient (Wildman–Crippen LogP) is 3.84. The standard InChI is InChI=1S/C21H24N4O6/c1-5-18(26)22-16-10-9-15(31-14-8-6-7-13(2)11-14)12-17(16)23-19(24-20(27)29-3)25-21(28)30-4/h6-12H,5H2,1-4H3,(H,22,26)(H2,23,24,25,27,28). The number of ether oxygens (including phenoxy) is 3. The zero-order valence-corrected chi connectivity index (χ0v) is 17.6. The number of anilines is 1. The summed E-state index contributed by atoms with van der Waals surface area (Å²) >= 11 is 0. The molecule has 0 radical (unpaired) electrons. The van der Waals surface area contributed by atoms with E-state index in [1.807, 2.05) is 25.1 Å². The van der Waals surface area contributed by atoms with Gasteiger partial charge >= 0.3 is 12.2 Å². The number of amides is 3. The van der Waals surface area contributed by atoms with Crippen LogP contribution < -0.4 is 20.7 Å². The highest BCUT2D eigenvalue weighted by Crippen LogP contribution is 2.32. The largest absolute Gasteiger partial charge is 0.457 e. The molecule has 3 N–H and O–H groups in total. The Morgan fingerprint density at radius 2 is 1.58 bits per heavy atom. The Morgan fingerprint density at radius 1 is 0.935 bits per heavy atom. The number of nitrogens with zero attached hydrogens (tertiary/aromatic N) is 1. The lowest BCUT2D eigenvalue weighted by Gasteiger charge is -2.13. The summed E-state index contributed by atoms with van der Waals surface area (Å²) in [5.74, 6) is 0.529. The number of rotatable bonds is 5. The molecule has 164 valence electrons. The molecule has 0 spiro atoms. The van der Waals surface area contributed by atoms with Crippen LogP contribution in [0.4, 0.5) is 21.0 Å². The molecule has 0 atom stereocenters. The van der Waals surface area contributed by atoms with Crippen molar-refractivity contribution in [3.05, 3.63) is 48.0 Å². The Morgan fingerprint density at radius 3 is 2.16 bits per heavy atom. The van der Waals surface area contributed by atoms with Gasteiger partial charge in [-0.05, 0) is 36.8 Å². The van der Waals surface area contributed by atoms with E-state index in [0.717, 1.165) is 19.8 Å². The van der Waals surface area contributed by atoms with Crippen LogP contribution in [-0.2, 0) is 14.3 Å². The van der Waals surface area contributed by atoms with Crippen molar-refractivity contribution in [1.29, 1.82) is 0 Å². The number of carbonyl (C=O) groups is 3. The van der Waals surface area contributed by atoms with Crippen molar-refractivity contribution < 1.29 is 28.6 Å². The van der Waals surface area contributed by atoms with Crippen LogP contribution in [0.1, 0.15) is 18.9 Å². The van der Waals surface area contributed by atoms with Gasteiger partial charge in [-0.25, -0.2) is 14.6 Å². The topological polar surface area (TPSA) is 127 Å². The number of hydrogen-bond donors (Lipinski definition) is 3. The van der Waals surface area contributed by atoms with Crippen LogP contribution in [-0.4, -0.2) is 38.3 Å². The quantitative estimate of drug-likeness (QED) is 0.490. The summed E-state index contributed by atoms with van der Waals surface area (Å²) < 4.78 is 15.0. The third-order valence-corrected chi connectivity index (χ3v) is 3.83. The molecular formula is C21H24N4O6. The molecule has 0 bridgehead atoms. The molecule has 0 aliphatic heterocycles. The lowest BCUT2D eigenvalue weighted by molar-refractivity contribution is -0.115. The number of aryl methyl sites for hydroxylation is 1. The Bertz CT molecular complexity index is 970. The van der Waals surface area contributed by atoms with Crippen LogP contribution in [0.2, 0.25) is 0 Å². The molecule has 3 amide bonds. The smallest absolute Gasteiger partial charge is 0.413 e. The van der Waals surface area contributed by atoms with Crippen molar-refractivity contribution in [2.75, 3.05) is 19.5 Å². The van der Waals surface area contributed by atoms with Crippen molar-refractivity contribution in [3.63, 3.8) is 0 Å². The van der Waals surface area contributed by atoms with Crippen molar-refractivity contribution >= 4 is 35.4 Å². The first kappa shape index (κ1) is 23.2. The molecule has 0 saturated heterocycles. The van der Waals surface area contributed by atoms with Crippen LogP contribution in [0.3, 0.4) is 0 Å². The molecule has 0 aliphatic carbocycles. The molecule has 31 heavy (non-hydrogen) atoms. The molecule has 10 nitrogen and oxygen atoms in total. The second kappa shape index (κ2) is 11.2. The van der Waals surface area contributed by atoms with E-state index < -0.39 is 12.2 Å². The van der Waals surface area contributed by atoms with E-state index >= 15 is 0 Å². The van der Waals surface area contributed by atoms with E-state index in [1.165, 1.54) is 0 Å². The van der Waals surface area contributed by atoms with Crippen molar-refractivity contribution in [2.45, 2.75) is 20.3 Å². The number of nitrogens with one attached hydrogen (secondary N) is 3. The van der Waals surface area contributed by atoms with Crippen LogP contribution in [0.5, 0.6) is 11.5 Å². The van der Waals surface area contributed by atoms with Gasteiger partial charge in [0.05, 0.1) is 25.6 Å².